The molecule has 0 radical (unpaired) electrons. The highest BCUT2D eigenvalue weighted by molar-refractivity contribution is 5.58. The maximum Gasteiger partial charge on any atom is 0.542 e. The van der Waals surface area contributed by atoms with Crippen molar-refractivity contribution in [1.82, 2.24) is 0 Å². The van der Waals surface area contributed by atoms with Crippen LogP contribution in [0.25, 0.3) is 0 Å². The molecule has 0 aromatic rings. The van der Waals surface area contributed by atoms with Crippen molar-refractivity contribution in [2.45, 2.75) is 91.6 Å². The van der Waals surface area contributed by atoms with E-state index in [1.54, 1.807) is 0 Å². The minimum Gasteiger partial charge on any atom is -0.432 e. The molecule has 1 unspecified atom stereocenters. The van der Waals surface area contributed by atoms with Gasteiger partial charge in [-0.1, -0.05) is 59.3 Å². The number of hydrogen-bond donors (Lipinski definition) is 0. The highest BCUT2D eigenvalue weighted by Crippen LogP contribution is 2.19. The monoisotopic (exact) mass is 318 g/mol. The number of hydrogen-bond acceptors (Lipinski definition) is 5. The SMILES string of the molecule is CCCCCC(C)(C)OOOC(=O)OCC(CC)CCCC. The summed E-state index contributed by atoms with van der Waals surface area (Å²) in [5.41, 5.74) is -0.484. The van der Waals surface area contributed by atoms with Gasteiger partial charge >= 0.3 is 6.16 Å². The summed E-state index contributed by atoms with van der Waals surface area (Å²) in [6, 6.07) is 0. The van der Waals surface area contributed by atoms with Crippen LogP contribution in [0.15, 0.2) is 0 Å². The summed E-state index contributed by atoms with van der Waals surface area (Å²) in [6.45, 7) is 10.5. The van der Waals surface area contributed by atoms with E-state index in [0.717, 1.165) is 51.4 Å². The zero-order valence-electron chi connectivity index (χ0n) is 15.0. The third kappa shape index (κ3) is 11.8. The van der Waals surface area contributed by atoms with Crippen LogP contribution in [0.3, 0.4) is 0 Å². The van der Waals surface area contributed by atoms with Gasteiger partial charge in [-0.15, -0.1) is 0 Å². The van der Waals surface area contributed by atoms with E-state index < -0.39 is 11.8 Å². The lowest BCUT2D eigenvalue weighted by molar-refractivity contribution is -0.517. The number of carbonyl (C=O) groups excluding carboxylic acids is 1. The summed E-state index contributed by atoms with van der Waals surface area (Å²) in [7, 11) is 0. The predicted octanol–water partition coefficient (Wildman–Crippen LogP) is 5.58. The van der Waals surface area contributed by atoms with Crippen LogP contribution in [0.1, 0.15) is 86.0 Å². The molecule has 1 atom stereocenters. The lowest BCUT2D eigenvalue weighted by Gasteiger charge is -2.21. The summed E-state index contributed by atoms with van der Waals surface area (Å²) in [6.07, 6.45) is 7.66. The Morgan fingerprint density at radius 1 is 1.05 bits per heavy atom. The molecule has 0 bridgehead atoms. The largest absolute Gasteiger partial charge is 0.542 e. The topological polar surface area (TPSA) is 54.0 Å². The zero-order chi connectivity index (χ0) is 16.8. The van der Waals surface area contributed by atoms with Crippen molar-refractivity contribution >= 4 is 6.16 Å². The van der Waals surface area contributed by atoms with Crippen LogP contribution in [-0.4, -0.2) is 18.4 Å². The van der Waals surface area contributed by atoms with Gasteiger partial charge in [-0.3, -0.25) is 0 Å². The van der Waals surface area contributed by atoms with Gasteiger partial charge < -0.3 is 4.74 Å². The van der Waals surface area contributed by atoms with Crippen molar-refractivity contribution in [3.05, 3.63) is 0 Å². The molecule has 0 aromatic heterocycles. The van der Waals surface area contributed by atoms with Gasteiger partial charge in [-0.2, -0.15) is 4.89 Å². The van der Waals surface area contributed by atoms with Gasteiger partial charge in [0.05, 0.1) is 6.61 Å². The molecule has 0 aliphatic carbocycles. The van der Waals surface area contributed by atoms with E-state index >= 15 is 0 Å². The smallest absolute Gasteiger partial charge is 0.432 e. The maximum atomic E-state index is 11.4. The Labute approximate surface area is 135 Å². The van der Waals surface area contributed by atoms with Crippen LogP contribution in [0, 0.1) is 5.92 Å². The molecule has 5 nitrogen and oxygen atoms in total. The van der Waals surface area contributed by atoms with Crippen LogP contribution in [-0.2, 0) is 19.6 Å². The number of rotatable bonds is 13. The van der Waals surface area contributed by atoms with E-state index in [4.69, 9.17) is 9.62 Å². The molecule has 0 saturated carbocycles. The molecule has 0 rings (SSSR count). The van der Waals surface area contributed by atoms with Gasteiger partial charge in [0.1, 0.15) is 5.60 Å². The second-order valence-corrected chi connectivity index (χ2v) is 6.43. The predicted molar refractivity (Wildman–Crippen MR) is 86.1 cm³/mol. The first kappa shape index (κ1) is 21.2. The van der Waals surface area contributed by atoms with Crippen LogP contribution >= 0.6 is 0 Å². The third-order valence-corrected chi connectivity index (χ3v) is 3.72. The van der Waals surface area contributed by atoms with Crippen LogP contribution in [0.2, 0.25) is 0 Å². The summed E-state index contributed by atoms with van der Waals surface area (Å²) >= 11 is 0. The van der Waals surface area contributed by atoms with Gasteiger partial charge in [0.15, 0.2) is 0 Å². The van der Waals surface area contributed by atoms with Gasteiger partial charge in [0.2, 0.25) is 0 Å². The van der Waals surface area contributed by atoms with Crippen molar-refractivity contribution in [3.8, 4) is 0 Å². The average molecular weight is 318 g/mol. The molecule has 0 aliphatic heterocycles. The fourth-order valence-electron chi connectivity index (χ4n) is 2.09. The highest BCUT2D eigenvalue weighted by atomic mass is 17.5. The third-order valence-electron chi connectivity index (χ3n) is 3.72. The fourth-order valence-corrected chi connectivity index (χ4v) is 2.09. The van der Waals surface area contributed by atoms with Crippen molar-refractivity contribution in [2.24, 2.45) is 5.92 Å². The Bertz CT molecular complexity index is 278. The molecule has 0 aliphatic rings. The quantitative estimate of drug-likeness (QED) is 0.192. The van der Waals surface area contributed by atoms with E-state index in [1.807, 2.05) is 13.8 Å². The molecule has 0 aromatic carbocycles. The maximum absolute atomic E-state index is 11.4. The van der Waals surface area contributed by atoms with E-state index in [0.29, 0.717) is 12.5 Å². The van der Waals surface area contributed by atoms with Gasteiger partial charge in [0, 0.05) is 0 Å². The molecule has 0 fully saturated rings. The minimum atomic E-state index is -0.848. The van der Waals surface area contributed by atoms with E-state index in [2.05, 4.69) is 30.7 Å². The molecule has 0 amide bonds. The number of ether oxygens (including phenoxy) is 1. The summed E-state index contributed by atoms with van der Waals surface area (Å²) in [4.78, 5) is 21.1. The van der Waals surface area contributed by atoms with E-state index in [-0.39, 0.29) is 0 Å². The van der Waals surface area contributed by atoms with E-state index in [9.17, 15) is 4.79 Å². The van der Waals surface area contributed by atoms with Crippen molar-refractivity contribution in [2.75, 3.05) is 6.61 Å². The molecule has 132 valence electrons. The van der Waals surface area contributed by atoms with Crippen molar-refractivity contribution in [3.63, 3.8) is 0 Å². The fraction of sp³-hybridized carbons (Fsp3) is 0.941. The second kappa shape index (κ2) is 12.7. The Hall–Kier alpha value is -0.810. The first-order valence-electron chi connectivity index (χ1n) is 8.64. The minimum absolute atomic E-state index is 0.360. The molecule has 0 heterocycles. The van der Waals surface area contributed by atoms with Crippen molar-refractivity contribution in [1.29, 1.82) is 0 Å². The summed E-state index contributed by atoms with van der Waals surface area (Å²) in [5, 5.41) is 4.56. The van der Waals surface area contributed by atoms with Crippen LogP contribution in [0.5, 0.6) is 0 Å². The van der Waals surface area contributed by atoms with Gasteiger partial charge in [0.25, 0.3) is 0 Å². The molecular weight excluding hydrogens is 284 g/mol. The van der Waals surface area contributed by atoms with Crippen molar-refractivity contribution < 1.29 is 24.3 Å². The zero-order valence-corrected chi connectivity index (χ0v) is 15.0. The molecule has 5 heteroatoms. The van der Waals surface area contributed by atoms with Crippen LogP contribution in [0.4, 0.5) is 4.79 Å². The van der Waals surface area contributed by atoms with E-state index in [1.165, 1.54) is 0 Å². The first-order valence-corrected chi connectivity index (χ1v) is 8.64. The molecule has 22 heavy (non-hydrogen) atoms. The number of carbonyl (C=O) groups is 1. The molecule has 0 saturated heterocycles. The Morgan fingerprint density at radius 3 is 2.32 bits per heavy atom. The Morgan fingerprint density at radius 2 is 1.73 bits per heavy atom. The lowest BCUT2D eigenvalue weighted by Crippen LogP contribution is -2.25. The second-order valence-electron chi connectivity index (χ2n) is 6.43. The normalized spacial score (nSPS) is 13.0. The number of unbranched alkanes of at least 4 members (excludes halogenated alkanes) is 3. The standard InChI is InChI=1S/C17H34O5/c1-6-9-11-13-17(4,5)21-22-20-16(18)19-14-15(8-3)12-10-7-2/h15H,6-14H2,1-5H3. The lowest BCUT2D eigenvalue weighted by atomic mass is 10.0. The first-order chi connectivity index (χ1) is 10.4. The molecular formula is C17H34O5. The Balaban J connectivity index is 3.79. The van der Waals surface area contributed by atoms with Gasteiger partial charge in [-0.25, -0.2) is 9.68 Å². The average Bonchev–Trinajstić information content (AvgIpc) is 2.47. The van der Waals surface area contributed by atoms with Crippen LogP contribution < -0.4 is 0 Å². The summed E-state index contributed by atoms with van der Waals surface area (Å²) < 4.78 is 5.04. The Kier molecular flexibility index (Phi) is 12.2. The highest BCUT2D eigenvalue weighted by Gasteiger charge is 2.21. The molecule has 0 spiro atoms. The summed E-state index contributed by atoms with van der Waals surface area (Å²) in [5.74, 6) is 0.374. The van der Waals surface area contributed by atoms with Gasteiger partial charge in [-0.05, 0) is 37.6 Å². The molecule has 0 N–H and O–H groups in total.